The van der Waals surface area contributed by atoms with Crippen molar-refractivity contribution in [3.05, 3.63) is 59.8 Å². The predicted octanol–water partition coefficient (Wildman–Crippen LogP) is 4.58. The maximum absolute atomic E-state index is 13.2. The highest BCUT2D eigenvalue weighted by Gasteiger charge is 2.39. The van der Waals surface area contributed by atoms with E-state index in [-0.39, 0.29) is 0 Å². The van der Waals surface area contributed by atoms with Gasteiger partial charge < -0.3 is 20.3 Å². The van der Waals surface area contributed by atoms with E-state index in [1.807, 2.05) is 6.07 Å². The second-order valence-corrected chi connectivity index (χ2v) is 10.8. The molecule has 1 fully saturated rings. The second kappa shape index (κ2) is 14.4. The molecule has 0 spiro atoms. The third kappa shape index (κ3) is 10.2. The lowest BCUT2D eigenvalue weighted by Crippen LogP contribution is -2.42. The van der Waals surface area contributed by atoms with Crippen molar-refractivity contribution >= 4 is 32.9 Å². The monoisotopic (exact) mass is 681 g/mol. The molecular weight excluding hydrogens is 657 g/mol. The van der Waals surface area contributed by atoms with Crippen molar-refractivity contribution < 1.29 is 72.5 Å². The fourth-order valence-corrected chi connectivity index (χ4v) is 5.16. The van der Waals surface area contributed by atoms with Crippen LogP contribution in [0.25, 0.3) is 10.9 Å². The van der Waals surface area contributed by atoms with E-state index in [1.54, 1.807) is 12.1 Å². The number of ether oxygens (including phenoxy) is 1. The molecule has 45 heavy (non-hydrogen) atoms. The lowest BCUT2D eigenvalue weighted by molar-refractivity contribution is -0.193. The number of aromatic nitrogens is 1. The van der Waals surface area contributed by atoms with E-state index < -0.39 is 50.9 Å². The first-order valence-electron chi connectivity index (χ1n) is 12.2. The normalized spacial score (nSPS) is 14.5. The number of methoxy groups -OCH3 is 1. The zero-order valence-electron chi connectivity index (χ0n) is 22.8. The zero-order chi connectivity index (χ0) is 34.4. The van der Waals surface area contributed by atoms with E-state index >= 15 is 0 Å². The molecule has 1 aromatic heterocycles. The van der Waals surface area contributed by atoms with Gasteiger partial charge in [0.2, 0.25) is 0 Å². The molecule has 0 amide bonds. The highest BCUT2D eigenvalue weighted by Crippen LogP contribution is 2.33. The Morgan fingerprint density at radius 3 is 1.89 bits per heavy atom. The number of hydrogen-bond donors (Lipinski definition) is 3. The average molecular weight is 682 g/mol. The molecule has 1 aliphatic rings. The molecule has 1 saturated heterocycles. The van der Waals surface area contributed by atoms with E-state index in [4.69, 9.17) is 24.5 Å². The Labute approximate surface area is 248 Å². The smallest absolute Gasteiger partial charge is 0.490 e. The van der Waals surface area contributed by atoms with Gasteiger partial charge in [-0.3, -0.25) is 4.90 Å². The van der Waals surface area contributed by atoms with Crippen LogP contribution in [0.1, 0.15) is 11.1 Å². The number of halogens is 9. The maximum Gasteiger partial charge on any atom is 0.490 e. The van der Waals surface area contributed by atoms with E-state index in [2.05, 4.69) is 10.2 Å². The first-order valence-corrected chi connectivity index (χ1v) is 13.7. The van der Waals surface area contributed by atoms with Gasteiger partial charge in [0.25, 0.3) is 10.0 Å². The van der Waals surface area contributed by atoms with Crippen molar-refractivity contribution in [2.45, 2.75) is 30.0 Å². The second-order valence-electron chi connectivity index (χ2n) is 8.99. The van der Waals surface area contributed by atoms with Gasteiger partial charge in [-0.05, 0) is 35.9 Å². The fraction of sp³-hybridized carbons (Fsp3) is 0.360. The number of aliphatic carboxylic acids is 2. The molecule has 0 unspecified atom stereocenters. The first kappa shape index (κ1) is 37.1. The quantitative estimate of drug-likeness (QED) is 0.331. The molecule has 0 atom stereocenters. The molecule has 20 heteroatoms. The third-order valence-corrected chi connectivity index (χ3v) is 7.56. The Morgan fingerprint density at radius 2 is 1.42 bits per heavy atom. The molecule has 0 bridgehead atoms. The predicted molar refractivity (Wildman–Crippen MR) is 138 cm³/mol. The summed E-state index contributed by atoms with van der Waals surface area (Å²) >= 11 is 0. The summed E-state index contributed by atoms with van der Waals surface area (Å²) in [6.45, 7) is 4.09. The molecule has 0 radical (unpaired) electrons. The lowest BCUT2D eigenvalue weighted by atomic mass is 10.1. The molecule has 250 valence electrons. The molecule has 4 rings (SSSR count). The molecule has 10 nitrogen and oxygen atoms in total. The number of nitrogens with zero attached hydrogens (tertiary/aromatic N) is 2. The van der Waals surface area contributed by atoms with Gasteiger partial charge in [0.1, 0.15) is 5.75 Å². The molecule has 0 saturated carbocycles. The Morgan fingerprint density at radius 1 is 0.889 bits per heavy atom. The van der Waals surface area contributed by atoms with E-state index in [9.17, 15) is 47.9 Å². The number of alkyl halides is 9. The fourth-order valence-electron chi connectivity index (χ4n) is 3.78. The summed E-state index contributed by atoms with van der Waals surface area (Å²) in [5, 5.41) is 18.3. The van der Waals surface area contributed by atoms with Gasteiger partial charge in [-0.15, -0.1) is 0 Å². The van der Waals surface area contributed by atoms with Gasteiger partial charge in [0, 0.05) is 50.4 Å². The summed E-state index contributed by atoms with van der Waals surface area (Å²) in [6.07, 6.45) is -13.4. The zero-order valence-corrected chi connectivity index (χ0v) is 23.6. The molecule has 2 heterocycles. The number of piperazine rings is 1. The van der Waals surface area contributed by atoms with Crippen molar-refractivity contribution in [2.24, 2.45) is 0 Å². The van der Waals surface area contributed by atoms with Crippen molar-refractivity contribution in [1.82, 2.24) is 14.2 Å². The van der Waals surface area contributed by atoms with Gasteiger partial charge in [-0.2, -0.15) is 39.5 Å². The van der Waals surface area contributed by atoms with Crippen molar-refractivity contribution in [3.63, 3.8) is 0 Å². The molecule has 1 aliphatic heterocycles. The third-order valence-electron chi connectivity index (χ3n) is 5.87. The summed E-state index contributed by atoms with van der Waals surface area (Å²) in [5.41, 5.74) is 0.248. The van der Waals surface area contributed by atoms with Crippen molar-refractivity contribution in [3.8, 4) is 5.75 Å². The molecule has 3 N–H and O–H groups in total. The van der Waals surface area contributed by atoms with Gasteiger partial charge >= 0.3 is 30.5 Å². The summed E-state index contributed by atoms with van der Waals surface area (Å²) in [6, 6.07) is 8.89. The highest BCUT2D eigenvalue weighted by atomic mass is 32.2. The number of hydrogen-bond acceptors (Lipinski definition) is 7. The Hall–Kier alpha value is -4.04. The summed E-state index contributed by atoms with van der Waals surface area (Å²) in [5.74, 6) is -5.03. The SMILES string of the molecule is COc1cc(CN2CCNCC2)c2ccn(S(=O)(=O)c3cccc(C(F)(F)F)c3)c2c1.O=C(O)C(F)(F)F.O=C(O)C(F)(F)F. The Kier molecular flexibility index (Phi) is 11.9. The number of nitrogens with one attached hydrogen (secondary N) is 1. The Bertz CT molecular complexity index is 1570. The van der Waals surface area contributed by atoms with Gasteiger partial charge in [0.15, 0.2) is 0 Å². The molecule has 0 aliphatic carbocycles. The largest absolute Gasteiger partial charge is 0.497 e. The van der Waals surface area contributed by atoms with Crippen molar-refractivity contribution in [1.29, 1.82) is 0 Å². The average Bonchev–Trinajstić information content (AvgIpc) is 3.38. The minimum absolute atomic E-state index is 0.363. The van der Waals surface area contributed by atoms with Crippen LogP contribution in [-0.4, -0.2) is 85.1 Å². The van der Waals surface area contributed by atoms with Crippen LogP contribution in [-0.2, 0) is 32.3 Å². The van der Waals surface area contributed by atoms with Crippen LogP contribution in [0.4, 0.5) is 39.5 Å². The van der Waals surface area contributed by atoms with Crippen LogP contribution in [0.2, 0.25) is 0 Å². The molecule has 3 aromatic rings. The van der Waals surface area contributed by atoms with E-state index in [1.165, 1.54) is 13.3 Å². The Balaban J connectivity index is 0.000000421. The number of carbonyl (C=O) groups is 2. The topological polar surface area (TPSA) is 138 Å². The maximum atomic E-state index is 13.2. The number of benzene rings is 2. The summed E-state index contributed by atoms with van der Waals surface area (Å²) in [4.78, 5) is 19.6. The minimum atomic E-state index is -5.08. The standard InChI is InChI=1S/C21H22F3N3O3S.2C2HF3O2/c1-30-17-11-15(14-26-9-6-25-7-10-26)19-5-8-27(20(19)13-17)31(28,29)18-4-2-3-16(12-18)21(22,23)24;2*3-2(4,5)1(6)7/h2-5,8,11-13,25H,6-7,9-10,14H2,1H3;2*(H,6,7). The number of fused-ring (bicyclic) bond motifs is 1. The van der Waals surface area contributed by atoms with Crippen LogP contribution < -0.4 is 10.1 Å². The molecular formula is C25H24F9N3O7S. The first-order chi connectivity index (χ1) is 20.6. The van der Waals surface area contributed by atoms with E-state index in [0.717, 1.165) is 59.3 Å². The van der Waals surface area contributed by atoms with Gasteiger partial charge in [-0.1, -0.05) is 6.07 Å². The number of rotatable bonds is 5. The van der Waals surface area contributed by atoms with Crippen molar-refractivity contribution in [2.75, 3.05) is 33.3 Å². The van der Waals surface area contributed by atoms with Crippen LogP contribution >= 0.6 is 0 Å². The van der Waals surface area contributed by atoms with Gasteiger partial charge in [0.05, 0.1) is 23.1 Å². The van der Waals surface area contributed by atoms with Crippen LogP contribution in [0.3, 0.4) is 0 Å². The van der Waals surface area contributed by atoms with Gasteiger partial charge in [-0.25, -0.2) is 22.0 Å². The van der Waals surface area contributed by atoms with Crippen LogP contribution in [0.5, 0.6) is 5.75 Å². The van der Waals surface area contributed by atoms with Crippen LogP contribution in [0, 0.1) is 0 Å². The highest BCUT2D eigenvalue weighted by molar-refractivity contribution is 7.90. The summed E-state index contributed by atoms with van der Waals surface area (Å²) < 4.78 is 136. The summed E-state index contributed by atoms with van der Waals surface area (Å²) in [7, 11) is -2.75. The lowest BCUT2D eigenvalue weighted by Gasteiger charge is -2.27. The van der Waals surface area contributed by atoms with E-state index in [0.29, 0.717) is 23.9 Å². The number of carboxylic acid groups (broad SMARTS) is 2. The van der Waals surface area contributed by atoms with Crippen LogP contribution in [0.15, 0.2) is 53.6 Å². The molecule has 2 aromatic carbocycles. The number of carboxylic acids is 2. The minimum Gasteiger partial charge on any atom is -0.497 e.